The first kappa shape index (κ1) is 10.7. The fourth-order valence-electron chi connectivity index (χ4n) is 0. The zero-order valence-corrected chi connectivity index (χ0v) is 6.68. The van der Waals surface area contributed by atoms with Gasteiger partial charge < -0.3 is 5.11 Å². The summed E-state index contributed by atoms with van der Waals surface area (Å²) in [6.45, 7) is 1.93. The van der Waals surface area contributed by atoms with E-state index in [9.17, 15) is 0 Å². The van der Waals surface area contributed by atoms with E-state index < -0.39 is 14.8 Å². The summed E-state index contributed by atoms with van der Waals surface area (Å²) in [4.78, 5) is 0. The van der Waals surface area contributed by atoms with Crippen molar-refractivity contribution in [3.8, 4) is 0 Å². The SMILES string of the molecule is CCO.[O]=[Os](=[O])(=[O])=[O]. The third-order valence-electron chi connectivity index (χ3n) is 0. The zero-order valence-electron chi connectivity index (χ0n) is 4.14. The van der Waals surface area contributed by atoms with Crippen LogP contribution in [0.25, 0.3) is 0 Å². The average molecular weight is 300 g/mol. The summed E-state index contributed by atoms with van der Waals surface area (Å²) < 4.78 is 34.5. The van der Waals surface area contributed by atoms with E-state index in [0.29, 0.717) is 0 Å². The van der Waals surface area contributed by atoms with E-state index in [1.807, 2.05) is 0 Å². The van der Waals surface area contributed by atoms with Crippen LogP contribution in [0.1, 0.15) is 6.92 Å². The van der Waals surface area contributed by atoms with Gasteiger partial charge in [0.15, 0.2) is 0 Å². The Morgan fingerprint density at radius 1 is 1.25 bits per heavy atom. The van der Waals surface area contributed by atoms with Crippen LogP contribution in [0.2, 0.25) is 0 Å². The number of rotatable bonds is 0. The van der Waals surface area contributed by atoms with E-state index in [4.69, 9.17) is 19.3 Å². The molecule has 0 rings (SSSR count). The second kappa shape index (κ2) is 4.94. The number of aliphatic hydroxyl groups is 1. The van der Waals surface area contributed by atoms with Gasteiger partial charge in [-0.3, -0.25) is 0 Å². The van der Waals surface area contributed by atoms with Crippen molar-refractivity contribution in [2.45, 2.75) is 6.92 Å². The Morgan fingerprint density at radius 2 is 1.25 bits per heavy atom. The normalized spacial score (nSPS) is 9.25. The Kier molecular flexibility index (Phi) is 6.62. The topological polar surface area (TPSA) is 88.5 Å². The molecule has 0 unspecified atom stereocenters. The molecular formula is C2H6O5Os. The maximum atomic E-state index is 8.63. The van der Waals surface area contributed by atoms with Crippen LogP contribution in [0.3, 0.4) is 0 Å². The molecule has 0 heterocycles. The third-order valence-corrected chi connectivity index (χ3v) is 0. The predicted octanol–water partition coefficient (Wildman–Crippen LogP) is -0.479. The summed E-state index contributed by atoms with van der Waals surface area (Å²) in [6, 6.07) is 0. The van der Waals surface area contributed by atoms with Crippen molar-refractivity contribution >= 4 is 0 Å². The van der Waals surface area contributed by atoms with Crippen molar-refractivity contribution < 1.29 is 34.1 Å². The van der Waals surface area contributed by atoms with Gasteiger partial charge in [-0.15, -0.1) is 0 Å². The average Bonchev–Trinajstić information content (AvgIpc) is 1.27. The molecule has 0 amide bonds. The molecule has 0 bridgehead atoms. The molecule has 0 saturated heterocycles. The minimum atomic E-state index is -6.06. The molecule has 0 saturated carbocycles. The van der Waals surface area contributed by atoms with Crippen LogP contribution >= 0.6 is 0 Å². The molecule has 0 atom stereocenters. The van der Waals surface area contributed by atoms with E-state index in [-0.39, 0.29) is 6.61 Å². The molecular weight excluding hydrogens is 294 g/mol. The van der Waals surface area contributed by atoms with Crippen LogP contribution < -0.4 is 0 Å². The summed E-state index contributed by atoms with van der Waals surface area (Å²) >= 11 is -6.06. The molecule has 0 aromatic carbocycles. The Morgan fingerprint density at radius 3 is 1.25 bits per heavy atom. The monoisotopic (exact) mass is 302 g/mol. The van der Waals surface area contributed by atoms with E-state index >= 15 is 0 Å². The van der Waals surface area contributed by atoms with Crippen molar-refractivity contribution in [3.05, 3.63) is 0 Å². The van der Waals surface area contributed by atoms with Crippen LogP contribution in [0.15, 0.2) is 0 Å². The molecule has 0 aromatic rings. The first-order valence-electron chi connectivity index (χ1n) is 1.60. The summed E-state index contributed by atoms with van der Waals surface area (Å²) in [5, 5.41) is 7.57. The number of aliphatic hydroxyl groups excluding tert-OH is 1. The fraction of sp³-hybridized carbons (Fsp3) is 1.00. The van der Waals surface area contributed by atoms with Crippen LogP contribution in [0.5, 0.6) is 0 Å². The van der Waals surface area contributed by atoms with Crippen molar-refractivity contribution in [1.29, 1.82) is 0 Å². The summed E-state index contributed by atoms with van der Waals surface area (Å²) in [5.41, 5.74) is 0. The van der Waals surface area contributed by atoms with E-state index in [1.165, 1.54) is 0 Å². The van der Waals surface area contributed by atoms with Gasteiger partial charge in [-0.2, -0.15) is 0 Å². The van der Waals surface area contributed by atoms with Crippen LogP contribution in [-0.4, -0.2) is 11.7 Å². The van der Waals surface area contributed by atoms with Crippen LogP contribution in [0.4, 0.5) is 0 Å². The second-order valence-corrected chi connectivity index (χ2v) is 3.21. The number of hydrogen-bond donors (Lipinski definition) is 1. The summed E-state index contributed by atoms with van der Waals surface area (Å²) in [7, 11) is 0. The molecule has 5 nitrogen and oxygen atoms in total. The molecule has 8 heavy (non-hydrogen) atoms. The van der Waals surface area contributed by atoms with Crippen molar-refractivity contribution in [1.82, 2.24) is 0 Å². The quantitative estimate of drug-likeness (QED) is 0.653. The van der Waals surface area contributed by atoms with Gasteiger partial charge in [-0.05, 0) is 6.92 Å². The molecule has 0 spiro atoms. The molecule has 0 fully saturated rings. The molecule has 0 aliphatic rings. The van der Waals surface area contributed by atoms with Gasteiger partial charge in [-0.25, -0.2) is 0 Å². The van der Waals surface area contributed by atoms with Gasteiger partial charge in [0.25, 0.3) is 0 Å². The van der Waals surface area contributed by atoms with Crippen molar-refractivity contribution in [2.24, 2.45) is 0 Å². The molecule has 6 heteroatoms. The van der Waals surface area contributed by atoms with Crippen LogP contribution in [0, 0.1) is 0 Å². The molecule has 0 radical (unpaired) electrons. The molecule has 0 aliphatic carbocycles. The van der Waals surface area contributed by atoms with Crippen molar-refractivity contribution in [3.63, 3.8) is 0 Å². The first-order chi connectivity index (χ1) is 3.41. The van der Waals surface area contributed by atoms with Crippen LogP contribution in [-0.2, 0) is 29.0 Å². The van der Waals surface area contributed by atoms with Gasteiger partial charge in [-0.1, -0.05) is 0 Å². The summed E-state index contributed by atoms with van der Waals surface area (Å²) in [5.74, 6) is 0. The Bertz CT molecular complexity index is 174. The Balaban J connectivity index is 0. The maximum absolute atomic E-state index is 8.63. The second-order valence-electron chi connectivity index (χ2n) is 0.670. The van der Waals surface area contributed by atoms with Gasteiger partial charge in [0.1, 0.15) is 0 Å². The van der Waals surface area contributed by atoms with Gasteiger partial charge in [0.05, 0.1) is 0 Å². The Hall–Kier alpha value is -0.204. The molecule has 0 aliphatic heterocycles. The first-order valence-corrected chi connectivity index (χ1v) is 5.75. The van der Waals surface area contributed by atoms with Gasteiger partial charge in [0, 0.05) is 6.61 Å². The van der Waals surface area contributed by atoms with E-state index in [2.05, 4.69) is 0 Å². The zero-order chi connectivity index (χ0) is 7.21. The Labute approximate surface area is 48.3 Å². The molecule has 52 valence electrons. The third kappa shape index (κ3) is 3220. The molecule has 0 aromatic heterocycles. The number of hydrogen-bond acceptors (Lipinski definition) is 5. The van der Waals surface area contributed by atoms with Gasteiger partial charge >= 0.3 is 29.0 Å². The standard InChI is InChI=1S/C2H6O.4O.Os/c1-2-3;;;;;/h3H,2H2,1H3;;;;;. The minimum absolute atomic E-state index is 0.250. The van der Waals surface area contributed by atoms with Crippen molar-refractivity contribution in [2.75, 3.05) is 6.61 Å². The van der Waals surface area contributed by atoms with E-state index in [0.717, 1.165) is 0 Å². The summed E-state index contributed by atoms with van der Waals surface area (Å²) in [6.07, 6.45) is 0. The molecule has 1 N–H and O–H groups in total. The predicted molar refractivity (Wildman–Crippen MR) is 15.5 cm³/mol. The fourth-order valence-corrected chi connectivity index (χ4v) is 0. The van der Waals surface area contributed by atoms with E-state index in [1.54, 1.807) is 6.92 Å². The van der Waals surface area contributed by atoms with Gasteiger partial charge in [0.2, 0.25) is 0 Å².